The Morgan fingerprint density at radius 1 is 1.19 bits per heavy atom. The second-order valence-electron chi connectivity index (χ2n) is 9.04. The normalized spacial score (nSPS) is 18.6. The van der Waals surface area contributed by atoms with Gasteiger partial charge in [-0.25, -0.2) is 0 Å². The molecule has 1 fully saturated rings. The van der Waals surface area contributed by atoms with Gasteiger partial charge in [0.2, 0.25) is 11.1 Å². The average Bonchev–Trinajstić information content (AvgIpc) is 3.29. The van der Waals surface area contributed by atoms with E-state index in [2.05, 4.69) is 10.1 Å². The third-order valence-electron chi connectivity index (χ3n) is 6.42. The lowest BCUT2D eigenvalue weighted by atomic mass is 10.1. The number of nitrogens with one attached hydrogen (secondary N) is 1. The maximum atomic E-state index is 12.8. The summed E-state index contributed by atoms with van der Waals surface area (Å²) in [6.07, 6.45) is 4.88. The molecule has 3 heterocycles. The molecule has 2 aromatic carbocycles. The molecule has 8 nitrogen and oxygen atoms in total. The van der Waals surface area contributed by atoms with Gasteiger partial charge in [-0.05, 0) is 72.8 Å². The highest BCUT2D eigenvalue weighted by Gasteiger charge is 2.36. The highest BCUT2D eigenvalue weighted by molar-refractivity contribution is 8.27. The topological polar surface area (TPSA) is 98.4 Å². The van der Waals surface area contributed by atoms with Crippen molar-refractivity contribution in [2.75, 3.05) is 13.1 Å². The Hall–Kier alpha value is -3.43. The molecule has 190 valence electrons. The van der Waals surface area contributed by atoms with Crippen LogP contribution in [0.3, 0.4) is 0 Å². The van der Waals surface area contributed by atoms with E-state index in [4.69, 9.17) is 21.7 Å². The Bertz CT molecular complexity index is 1360. The summed E-state index contributed by atoms with van der Waals surface area (Å²) >= 11 is 7.62. The number of rotatable bonds is 6. The summed E-state index contributed by atoms with van der Waals surface area (Å²) in [6.45, 7) is 3.95. The number of aliphatic imine (C=N–C) groups is 1. The maximum Gasteiger partial charge on any atom is 0.283 e. The summed E-state index contributed by atoms with van der Waals surface area (Å²) in [4.78, 5) is 31.4. The van der Waals surface area contributed by atoms with Gasteiger partial charge in [0.15, 0.2) is 5.84 Å². The number of nitrogens with zero attached hydrogens (tertiary/aromatic N) is 4. The molecule has 5 rings (SSSR count). The number of hydrogen-bond donors (Lipinski definition) is 1. The van der Waals surface area contributed by atoms with E-state index >= 15 is 0 Å². The average molecular weight is 536 g/mol. The van der Waals surface area contributed by atoms with E-state index in [-0.39, 0.29) is 23.7 Å². The molecule has 0 radical (unpaired) electrons. The maximum absolute atomic E-state index is 12.8. The first-order valence-corrected chi connectivity index (χ1v) is 13.3. The van der Waals surface area contributed by atoms with Crippen molar-refractivity contribution in [2.45, 2.75) is 39.2 Å². The minimum absolute atomic E-state index is 0.0133. The molecule has 3 aliphatic rings. The van der Waals surface area contributed by atoms with Crippen molar-refractivity contribution in [1.82, 2.24) is 9.91 Å². The number of carbonyl (C=O) groups is 2. The number of hydrazone groups is 1. The van der Waals surface area contributed by atoms with Gasteiger partial charge < -0.3 is 9.64 Å². The van der Waals surface area contributed by atoms with Crippen molar-refractivity contribution in [2.24, 2.45) is 10.1 Å². The molecule has 3 aliphatic heterocycles. The standard InChI is InChI=1S/C27H26ClN5O3S/c1-17-7-3-4-8-19(17)16-36-22-10-9-18(14-21(22)28)13-20-25(29)33-27(30-26(20)35)37-23(31-33)15-24(34)32-11-5-2-6-12-32/h3-4,7-10,13-14,29H,2,5-6,11-12,15-16H2,1H3/b20-13-,29-25?. The number of halogens is 1. The van der Waals surface area contributed by atoms with Gasteiger partial charge in [0.05, 0.1) is 17.0 Å². The van der Waals surface area contributed by atoms with E-state index in [1.807, 2.05) is 36.1 Å². The summed E-state index contributed by atoms with van der Waals surface area (Å²) in [5, 5.41) is 15.5. The second-order valence-corrected chi connectivity index (χ2v) is 10.5. The molecular weight excluding hydrogens is 510 g/mol. The summed E-state index contributed by atoms with van der Waals surface area (Å²) in [6, 6.07) is 13.2. The van der Waals surface area contributed by atoms with Crippen molar-refractivity contribution in [1.29, 1.82) is 5.41 Å². The Balaban J connectivity index is 1.28. The Kier molecular flexibility index (Phi) is 7.43. The number of thioether (sulfide) groups is 1. The zero-order chi connectivity index (χ0) is 25.9. The zero-order valence-electron chi connectivity index (χ0n) is 20.4. The first-order valence-electron chi connectivity index (χ1n) is 12.1. The molecule has 0 saturated carbocycles. The zero-order valence-corrected chi connectivity index (χ0v) is 21.9. The first kappa shape index (κ1) is 25.2. The van der Waals surface area contributed by atoms with E-state index in [9.17, 15) is 9.59 Å². The third kappa shape index (κ3) is 5.62. The summed E-state index contributed by atoms with van der Waals surface area (Å²) in [5.41, 5.74) is 2.94. The van der Waals surface area contributed by atoms with Crippen LogP contribution in [0.25, 0.3) is 6.08 Å². The van der Waals surface area contributed by atoms with Crippen LogP contribution < -0.4 is 4.74 Å². The molecule has 0 bridgehead atoms. The number of carbonyl (C=O) groups excluding carboxylic acids is 2. The van der Waals surface area contributed by atoms with E-state index in [1.54, 1.807) is 24.3 Å². The van der Waals surface area contributed by atoms with Gasteiger partial charge >= 0.3 is 0 Å². The van der Waals surface area contributed by atoms with Gasteiger partial charge in [0.25, 0.3) is 5.91 Å². The number of amides is 2. The van der Waals surface area contributed by atoms with Gasteiger partial charge in [0, 0.05) is 13.1 Å². The number of benzene rings is 2. The largest absolute Gasteiger partial charge is 0.487 e. The number of fused-ring (bicyclic) bond motifs is 1. The molecule has 0 atom stereocenters. The third-order valence-corrected chi connectivity index (χ3v) is 7.62. The van der Waals surface area contributed by atoms with Gasteiger partial charge in [-0.15, -0.1) is 0 Å². The highest BCUT2D eigenvalue weighted by atomic mass is 35.5. The van der Waals surface area contributed by atoms with Gasteiger partial charge in [-0.3, -0.25) is 15.0 Å². The second kappa shape index (κ2) is 10.9. The molecule has 1 N–H and O–H groups in total. The Morgan fingerprint density at radius 2 is 1.97 bits per heavy atom. The van der Waals surface area contributed by atoms with Crippen LogP contribution >= 0.6 is 23.4 Å². The van der Waals surface area contributed by atoms with Crippen LogP contribution in [0.5, 0.6) is 5.75 Å². The van der Waals surface area contributed by atoms with Crippen molar-refractivity contribution in [3.8, 4) is 5.75 Å². The smallest absolute Gasteiger partial charge is 0.283 e. The van der Waals surface area contributed by atoms with Crippen LogP contribution in [0, 0.1) is 12.3 Å². The van der Waals surface area contributed by atoms with Crippen molar-refractivity contribution in [3.63, 3.8) is 0 Å². The highest BCUT2D eigenvalue weighted by Crippen LogP contribution is 2.31. The number of aryl methyl sites for hydroxylation is 1. The number of hydrogen-bond acceptors (Lipinski definition) is 6. The SMILES string of the molecule is Cc1ccccc1COc1ccc(/C=C2/C(=N)N3N=C(CC(=O)N4CCCCC4)SC3=NC2=O)cc1Cl. The molecule has 37 heavy (non-hydrogen) atoms. The number of amidine groups is 2. The molecule has 1 saturated heterocycles. The molecule has 0 aliphatic carbocycles. The monoisotopic (exact) mass is 535 g/mol. The molecule has 0 spiro atoms. The molecule has 0 aromatic heterocycles. The van der Waals surface area contributed by atoms with Crippen LogP contribution in [0.4, 0.5) is 0 Å². The lowest BCUT2D eigenvalue weighted by molar-refractivity contribution is -0.130. The lowest BCUT2D eigenvalue weighted by Gasteiger charge is -2.26. The molecule has 10 heteroatoms. The van der Waals surface area contributed by atoms with Crippen LogP contribution in [0.15, 0.2) is 58.1 Å². The Morgan fingerprint density at radius 3 is 2.73 bits per heavy atom. The summed E-state index contributed by atoms with van der Waals surface area (Å²) < 4.78 is 5.89. The minimum atomic E-state index is -0.529. The van der Waals surface area contributed by atoms with Gasteiger partial charge in [-0.1, -0.05) is 41.9 Å². The molecule has 2 aromatic rings. The fourth-order valence-corrected chi connectivity index (χ4v) is 5.43. The minimum Gasteiger partial charge on any atom is -0.487 e. The van der Waals surface area contributed by atoms with Crippen LogP contribution in [0.2, 0.25) is 5.02 Å². The predicted octanol–water partition coefficient (Wildman–Crippen LogP) is 5.25. The quantitative estimate of drug-likeness (QED) is 0.509. The molecular formula is C27H26ClN5O3S. The number of likely N-dealkylation sites (tertiary alicyclic amines) is 1. The van der Waals surface area contributed by atoms with Gasteiger partial charge in [0.1, 0.15) is 17.4 Å². The van der Waals surface area contributed by atoms with Crippen molar-refractivity contribution in [3.05, 3.63) is 69.8 Å². The van der Waals surface area contributed by atoms with Crippen LogP contribution in [-0.4, -0.2) is 50.9 Å². The summed E-state index contributed by atoms with van der Waals surface area (Å²) in [5.74, 6) is -0.0714. The van der Waals surface area contributed by atoms with Crippen molar-refractivity contribution >= 4 is 57.3 Å². The van der Waals surface area contributed by atoms with E-state index in [1.165, 1.54) is 5.01 Å². The van der Waals surface area contributed by atoms with Crippen LogP contribution in [-0.2, 0) is 16.2 Å². The Labute approximate surface area is 224 Å². The first-order chi connectivity index (χ1) is 17.9. The van der Waals surface area contributed by atoms with Crippen LogP contribution in [0.1, 0.15) is 42.4 Å². The number of ether oxygens (including phenoxy) is 1. The predicted molar refractivity (Wildman–Crippen MR) is 147 cm³/mol. The molecule has 2 amide bonds. The fraction of sp³-hybridized carbons (Fsp3) is 0.296. The van der Waals surface area contributed by atoms with Gasteiger partial charge in [-0.2, -0.15) is 15.1 Å². The van der Waals surface area contributed by atoms with E-state index < -0.39 is 5.91 Å². The van der Waals surface area contributed by atoms with E-state index in [0.717, 1.165) is 55.2 Å². The van der Waals surface area contributed by atoms with E-state index in [0.29, 0.717) is 33.2 Å². The summed E-state index contributed by atoms with van der Waals surface area (Å²) in [7, 11) is 0. The van der Waals surface area contributed by atoms with Crippen molar-refractivity contribution < 1.29 is 14.3 Å². The molecule has 0 unspecified atom stereocenters. The fourth-order valence-electron chi connectivity index (χ4n) is 4.31. The lowest BCUT2D eigenvalue weighted by Crippen LogP contribution is -2.36. The number of piperidine rings is 1.